The molecule has 0 spiro atoms. The number of nitrogens with two attached hydrogens (primary N) is 2. The van der Waals surface area contributed by atoms with E-state index in [0.717, 1.165) is 16.5 Å². The molecule has 1 heterocycles. The fourth-order valence-electron chi connectivity index (χ4n) is 5.58. The molecule has 0 saturated carbocycles. The Labute approximate surface area is 289 Å². The maximum atomic E-state index is 13.9. The molecule has 0 aliphatic heterocycles. The molecule has 15 nitrogen and oxygen atoms in total. The topological polar surface area (TPSA) is 262 Å². The average Bonchev–Trinajstić information content (AvgIpc) is 3.47. The van der Waals surface area contributed by atoms with Gasteiger partial charge in [-0.2, -0.15) is 0 Å². The van der Waals surface area contributed by atoms with E-state index in [0.29, 0.717) is 12.0 Å². The van der Waals surface area contributed by atoms with Gasteiger partial charge in [0.2, 0.25) is 23.6 Å². The van der Waals surface area contributed by atoms with Crippen LogP contribution in [0.15, 0.2) is 60.8 Å². The summed E-state index contributed by atoms with van der Waals surface area (Å²) in [6.45, 7) is 1.38. The van der Waals surface area contributed by atoms with E-state index in [-0.39, 0.29) is 63.4 Å². The molecule has 15 heteroatoms. The number of aromatic amines is 1. The van der Waals surface area contributed by atoms with Crippen molar-refractivity contribution in [1.82, 2.24) is 26.3 Å². The molecule has 2 aromatic carbocycles. The molecule has 0 aliphatic carbocycles. The molecule has 0 saturated heterocycles. The van der Waals surface area contributed by atoms with Gasteiger partial charge in [-0.05, 0) is 49.8 Å². The summed E-state index contributed by atoms with van der Waals surface area (Å²) in [5.74, 6) is -5.89. The van der Waals surface area contributed by atoms with Crippen LogP contribution in [0.5, 0.6) is 0 Å². The third kappa shape index (κ3) is 12.7. The number of carbonyl (C=O) groups is 6. The maximum absolute atomic E-state index is 13.9. The Hall–Kier alpha value is -5.73. The van der Waals surface area contributed by atoms with Gasteiger partial charge in [0, 0.05) is 55.4 Å². The highest BCUT2D eigenvalue weighted by Gasteiger charge is 2.31. The number of nitrogens with one attached hydrogen (secondary N) is 6. The number of benzene rings is 2. The number of carboxylic acids is 1. The van der Waals surface area contributed by atoms with Crippen molar-refractivity contribution in [1.29, 1.82) is 5.41 Å². The zero-order chi connectivity index (χ0) is 36.6. The summed E-state index contributed by atoms with van der Waals surface area (Å²) in [6.07, 6.45) is 1.99. The molecular weight excluding hydrogens is 644 g/mol. The number of Topliss-reactive ketones (excluding diaryl/α,β-unsaturated/α-hetero) is 1. The number of hydrogen-bond acceptors (Lipinski definition) is 7. The lowest BCUT2D eigenvalue weighted by atomic mass is 9.93. The Balaban J connectivity index is 1.86. The molecule has 268 valence electrons. The van der Waals surface area contributed by atoms with Gasteiger partial charge in [0.25, 0.3) is 0 Å². The van der Waals surface area contributed by atoms with E-state index in [2.05, 4.69) is 26.3 Å². The number of rotatable bonds is 21. The number of amides is 4. The Kier molecular flexibility index (Phi) is 15.0. The van der Waals surface area contributed by atoms with Gasteiger partial charge in [-0.1, -0.05) is 48.5 Å². The first-order valence-corrected chi connectivity index (χ1v) is 16.4. The average molecular weight is 691 g/mol. The van der Waals surface area contributed by atoms with Gasteiger partial charge in [0.15, 0.2) is 5.96 Å². The molecule has 3 rings (SSSR count). The largest absolute Gasteiger partial charge is 0.481 e. The second-order valence-electron chi connectivity index (χ2n) is 12.2. The summed E-state index contributed by atoms with van der Waals surface area (Å²) in [5.41, 5.74) is 13.2. The van der Waals surface area contributed by atoms with Crippen LogP contribution in [0.1, 0.15) is 50.2 Å². The number of aromatic nitrogens is 1. The van der Waals surface area contributed by atoms with E-state index in [1.54, 1.807) is 6.20 Å². The number of guanidine groups is 1. The van der Waals surface area contributed by atoms with E-state index < -0.39 is 53.5 Å². The predicted molar refractivity (Wildman–Crippen MR) is 187 cm³/mol. The molecule has 0 bridgehead atoms. The van der Waals surface area contributed by atoms with Crippen LogP contribution in [0, 0.1) is 17.2 Å². The number of primary amides is 1. The lowest BCUT2D eigenvalue weighted by Crippen LogP contribution is -2.55. The van der Waals surface area contributed by atoms with Crippen molar-refractivity contribution in [3.8, 4) is 0 Å². The summed E-state index contributed by atoms with van der Waals surface area (Å²) >= 11 is 0. The van der Waals surface area contributed by atoms with Crippen LogP contribution >= 0.6 is 0 Å². The fourth-order valence-corrected chi connectivity index (χ4v) is 5.58. The van der Waals surface area contributed by atoms with Gasteiger partial charge in [0.1, 0.15) is 17.9 Å². The standard InChI is InChI=1S/C35H46N8O7/c1-21(44)16-24(17-22-8-3-2-4-9-22)32(48)42-28(12-7-15-39-35(37)38)34(50)43-29(18-25-20-40-27-11-6-5-10-26(25)27)33(49)41-19-23(31(36)47)13-14-30(45)46/h2-6,8-11,20,23-24,28-29,40H,7,12-19H2,1H3,(H2,36,47)(H,41,49)(H,42,48)(H,43,50)(H,45,46)(H4,37,38,39)/t23?,24-,28+,29?/m1/s1. The van der Waals surface area contributed by atoms with Crippen molar-refractivity contribution >= 4 is 52.2 Å². The molecule has 1 aromatic heterocycles. The molecule has 2 unspecified atom stereocenters. The Morgan fingerprint density at radius 2 is 1.50 bits per heavy atom. The van der Waals surface area contributed by atoms with Crippen molar-refractivity contribution in [3.05, 3.63) is 71.9 Å². The van der Waals surface area contributed by atoms with Gasteiger partial charge in [-0.3, -0.25) is 29.4 Å². The highest BCUT2D eigenvalue weighted by atomic mass is 16.4. The minimum Gasteiger partial charge on any atom is -0.481 e. The highest BCUT2D eigenvalue weighted by Crippen LogP contribution is 2.20. The third-order valence-electron chi connectivity index (χ3n) is 8.21. The van der Waals surface area contributed by atoms with E-state index in [1.165, 1.54) is 6.92 Å². The first kappa shape index (κ1) is 38.7. The van der Waals surface area contributed by atoms with Crippen molar-refractivity contribution in [3.63, 3.8) is 0 Å². The van der Waals surface area contributed by atoms with Crippen molar-refractivity contribution < 1.29 is 33.9 Å². The SMILES string of the molecule is CC(=O)C[C@H](Cc1ccccc1)C(=O)N[C@@H](CCCNC(=N)N)C(=O)NC(Cc1c[nH]c2ccccc12)C(=O)NCC(CCC(=O)O)C(N)=O. The Morgan fingerprint density at radius 3 is 2.16 bits per heavy atom. The Bertz CT molecular complexity index is 1660. The minimum absolute atomic E-state index is 0.0332. The third-order valence-corrected chi connectivity index (χ3v) is 8.21. The van der Waals surface area contributed by atoms with E-state index in [4.69, 9.17) is 22.0 Å². The summed E-state index contributed by atoms with van der Waals surface area (Å²) in [5, 5.41) is 28.1. The van der Waals surface area contributed by atoms with E-state index in [9.17, 15) is 28.8 Å². The van der Waals surface area contributed by atoms with Crippen LogP contribution in [0.25, 0.3) is 10.9 Å². The van der Waals surface area contributed by atoms with Crippen molar-refractivity contribution in [2.75, 3.05) is 13.1 Å². The second-order valence-corrected chi connectivity index (χ2v) is 12.2. The number of carboxylic acid groups (broad SMARTS) is 1. The number of aliphatic carboxylic acids is 1. The zero-order valence-electron chi connectivity index (χ0n) is 28.0. The molecule has 0 aliphatic rings. The normalized spacial score (nSPS) is 13.3. The van der Waals surface area contributed by atoms with Crippen LogP contribution in [-0.2, 0) is 41.6 Å². The molecule has 4 amide bonds. The summed E-state index contributed by atoms with van der Waals surface area (Å²) in [7, 11) is 0. The first-order chi connectivity index (χ1) is 23.8. The van der Waals surface area contributed by atoms with Crippen LogP contribution in [0.2, 0.25) is 0 Å². The van der Waals surface area contributed by atoms with Crippen molar-refractivity contribution in [2.45, 2.75) is 64.0 Å². The number of carbonyl (C=O) groups excluding carboxylic acids is 5. The number of para-hydroxylation sites is 1. The number of ketones is 1. The lowest BCUT2D eigenvalue weighted by Gasteiger charge is -2.25. The van der Waals surface area contributed by atoms with Crippen LogP contribution < -0.4 is 32.7 Å². The number of H-pyrrole nitrogens is 1. The molecule has 4 atom stereocenters. The quantitative estimate of drug-likeness (QED) is 0.0435. The zero-order valence-corrected chi connectivity index (χ0v) is 28.0. The van der Waals surface area contributed by atoms with Crippen molar-refractivity contribution in [2.24, 2.45) is 23.3 Å². The number of fused-ring (bicyclic) bond motifs is 1. The maximum Gasteiger partial charge on any atom is 0.303 e. The van der Waals surface area contributed by atoms with Gasteiger partial charge in [-0.15, -0.1) is 0 Å². The van der Waals surface area contributed by atoms with Gasteiger partial charge >= 0.3 is 5.97 Å². The summed E-state index contributed by atoms with van der Waals surface area (Å²) in [6, 6.07) is 14.3. The lowest BCUT2D eigenvalue weighted by molar-refractivity contribution is -0.137. The monoisotopic (exact) mass is 690 g/mol. The van der Waals surface area contributed by atoms with E-state index in [1.807, 2.05) is 54.6 Å². The first-order valence-electron chi connectivity index (χ1n) is 16.4. The molecule has 3 aromatic rings. The molecule has 11 N–H and O–H groups in total. The minimum atomic E-state index is -1.18. The predicted octanol–water partition coefficient (Wildman–Crippen LogP) is 0.864. The van der Waals surface area contributed by atoms with Gasteiger partial charge in [0.05, 0.1) is 5.92 Å². The van der Waals surface area contributed by atoms with Crippen LogP contribution in [0.3, 0.4) is 0 Å². The summed E-state index contributed by atoms with van der Waals surface area (Å²) < 4.78 is 0. The van der Waals surface area contributed by atoms with Gasteiger partial charge < -0.3 is 47.6 Å². The second kappa shape index (κ2) is 19.3. The van der Waals surface area contributed by atoms with Crippen LogP contribution in [-0.4, -0.2) is 76.6 Å². The smallest absolute Gasteiger partial charge is 0.303 e. The number of hydrogen-bond donors (Lipinski definition) is 9. The summed E-state index contributed by atoms with van der Waals surface area (Å²) in [4.78, 5) is 79.5. The van der Waals surface area contributed by atoms with Crippen LogP contribution in [0.4, 0.5) is 0 Å². The molecule has 0 fully saturated rings. The molecular formula is C35H46N8O7. The molecule has 50 heavy (non-hydrogen) atoms. The fraction of sp³-hybridized carbons (Fsp3) is 0.400. The molecule has 0 radical (unpaired) electrons. The van der Waals surface area contributed by atoms with Gasteiger partial charge in [-0.25, -0.2) is 0 Å². The highest BCUT2D eigenvalue weighted by molar-refractivity contribution is 5.94. The van der Waals surface area contributed by atoms with E-state index >= 15 is 0 Å². The Morgan fingerprint density at radius 1 is 0.820 bits per heavy atom.